The number of hydrogen-bond acceptors (Lipinski definition) is 7. The number of aromatic nitrogens is 2. The van der Waals surface area contributed by atoms with Crippen LogP contribution in [0.4, 0.5) is 35.0 Å². The lowest BCUT2D eigenvalue weighted by atomic mass is 9.82. The first-order valence-electron chi connectivity index (χ1n) is 14.0. The summed E-state index contributed by atoms with van der Waals surface area (Å²) in [6.45, 7) is 3.44. The topological polar surface area (TPSA) is 125 Å². The number of carbonyl (C=O) groups excluding carboxylic acids is 1. The molecule has 0 atom stereocenters. The second kappa shape index (κ2) is 12.4. The minimum absolute atomic E-state index is 0.0581. The summed E-state index contributed by atoms with van der Waals surface area (Å²) >= 11 is 0. The first-order valence-corrected chi connectivity index (χ1v) is 15.4. The zero-order chi connectivity index (χ0) is 32.4. The second-order valence-corrected chi connectivity index (χ2v) is 12.8. The van der Waals surface area contributed by atoms with Crippen LogP contribution in [0.15, 0.2) is 77.8 Å². The van der Waals surface area contributed by atoms with Crippen molar-refractivity contribution in [3.63, 3.8) is 0 Å². The molecule has 0 saturated heterocycles. The molecule has 3 aromatic carbocycles. The zero-order valence-corrected chi connectivity index (χ0v) is 25.1. The van der Waals surface area contributed by atoms with E-state index in [1.54, 1.807) is 30.5 Å². The number of sulfonamides is 1. The second-order valence-electron chi connectivity index (χ2n) is 11.0. The van der Waals surface area contributed by atoms with E-state index >= 15 is 0 Å². The predicted molar refractivity (Wildman–Crippen MR) is 162 cm³/mol. The van der Waals surface area contributed by atoms with Crippen molar-refractivity contribution in [3.05, 3.63) is 95.4 Å². The third kappa shape index (κ3) is 7.23. The first kappa shape index (κ1) is 31.9. The first-order chi connectivity index (χ1) is 21.2. The fourth-order valence-corrected chi connectivity index (χ4v) is 5.87. The molecule has 4 N–H and O–H groups in total. The molecule has 45 heavy (non-hydrogen) atoms. The lowest BCUT2D eigenvalue weighted by Gasteiger charge is -2.25. The molecule has 4 bridgehead atoms. The average molecular weight is 643 g/mol. The number of fused-ring (bicyclic) bond motifs is 4. The predicted octanol–water partition coefficient (Wildman–Crippen LogP) is 5.73. The molecule has 0 radical (unpaired) electrons. The number of hydrogen-bond donors (Lipinski definition) is 4. The quantitative estimate of drug-likeness (QED) is 0.205. The molecular formula is C31H30F4N6O3S. The van der Waals surface area contributed by atoms with Crippen LogP contribution in [0.2, 0.25) is 0 Å². The molecule has 14 heteroatoms. The Morgan fingerprint density at radius 1 is 1.00 bits per heavy atom. The van der Waals surface area contributed by atoms with Gasteiger partial charge in [-0.2, -0.15) is 18.2 Å². The maximum absolute atomic E-state index is 14.5. The monoisotopic (exact) mass is 642 g/mol. The molecule has 236 valence electrons. The van der Waals surface area contributed by atoms with Crippen LogP contribution in [0.25, 0.3) is 11.1 Å². The van der Waals surface area contributed by atoms with Crippen molar-refractivity contribution in [1.29, 1.82) is 0 Å². The van der Waals surface area contributed by atoms with Crippen LogP contribution in [-0.2, 0) is 33.0 Å². The fourth-order valence-electron chi connectivity index (χ4n) is 4.75. The van der Waals surface area contributed by atoms with Crippen molar-refractivity contribution in [2.45, 2.75) is 43.3 Å². The van der Waals surface area contributed by atoms with Gasteiger partial charge in [0.05, 0.1) is 15.9 Å². The SMILES string of the molecule is CC(C)(C(=O)NCc1ccc(-c2cnc3nc2NCCCNS(=O)(=O)c2cccc(c2)N3)cc1)c1cc(C(F)(F)F)ccc1F. The summed E-state index contributed by atoms with van der Waals surface area (Å²) in [5.74, 6) is -0.744. The Labute approximate surface area is 257 Å². The zero-order valence-electron chi connectivity index (χ0n) is 24.3. The summed E-state index contributed by atoms with van der Waals surface area (Å²) < 4.78 is 81.9. The Bertz CT molecular complexity index is 1830. The lowest BCUT2D eigenvalue weighted by molar-refractivity contribution is -0.138. The van der Waals surface area contributed by atoms with Gasteiger partial charge in [-0.3, -0.25) is 4.79 Å². The molecule has 1 aromatic heterocycles. The summed E-state index contributed by atoms with van der Waals surface area (Å²) in [7, 11) is -3.67. The van der Waals surface area contributed by atoms with Crippen LogP contribution in [0.5, 0.6) is 0 Å². The Morgan fingerprint density at radius 3 is 2.49 bits per heavy atom. The van der Waals surface area contributed by atoms with Gasteiger partial charge in [0.2, 0.25) is 21.9 Å². The summed E-state index contributed by atoms with van der Waals surface area (Å²) in [6, 6.07) is 15.5. The van der Waals surface area contributed by atoms with Gasteiger partial charge >= 0.3 is 6.18 Å². The van der Waals surface area contributed by atoms with Crippen molar-refractivity contribution < 1.29 is 30.8 Å². The van der Waals surface area contributed by atoms with Crippen molar-refractivity contribution in [3.8, 4) is 11.1 Å². The molecule has 0 spiro atoms. The van der Waals surface area contributed by atoms with E-state index in [4.69, 9.17) is 0 Å². The van der Waals surface area contributed by atoms with Crippen LogP contribution in [0.1, 0.15) is 37.0 Å². The van der Waals surface area contributed by atoms with Crippen LogP contribution >= 0.6 is 0 Å². The number of nitrogens with one attached hydrogen (secondary N) is 4. The molecule has 0 aliphatic carbocycles. The van der Waals surface area contributed by atoms with E-state index in [2.05, 4.69) is 30.6 Å². The Morgan fingerprint density at radius 2 is 1.76 bits per heavy atom. The van der Waals surface area contributed by atoms with Gasteiger partial charge in [0.15, 0.2) is 0 Å². The Balaban J connectivity index is 1.32. The molecule has 0 fully saturated rings. The number of alkyl halides is 3. The molecule has 5 rings (SSSR count). The molecular weight excluding hydrogens is 612 g/mol. The average Bonchev–Trinajstić information content (AvgIpc) is 3.00. The van der Waals surface area contributed by atoms with Crippen molar-refractivity contribution in [2.75, 3.05) is 23.7 Å². The molecule has 9 nitrogen and oxygen atoms in total. The molecule has 1 amide bonds. The molecule has 1 aliphatic heterocycles. The van der Waals surface area contributed by atoms with Crippen LogP contribution in [0.3, 0.4) is 0 Å². The summed E-state index contributed by atoms with van der Waals surface area (Å²) in [4.78, 5) is 22.1. The molecule has 0 unspecified atom stereocenters. The van der Waals surface area contributed by atoms with Gasteiger partial charge in [-0.25, -0.2) is 22.5 Å². The number of halogens is 4. The summed E-state index contributed by atoms with van der Waals surface area (Å²) in [6.07, 6.45) is -2.54. The highest BCUT2D eigenvalue weighted by atomic mass is 32.2. The van der Waals surface area contributed by atoms with Gasteiger partial charge in [-0.1, -0.05) is 30.3 Å². The van der Waals surface area contributed by atoms with E-state index in [0.29, 0.717) is 47.7 Å². The van der Waals surface area contributed by atoms with E-state index in [0.717, 1.165) is 11.6 Å². The number of rotatable bonds is 5. The normalized spacial score (nSPS) is 15.0. The fraction of sp³-hybridized carbons (Fsp3) is 0.258. The molecule has 4 aromatic rings. The van der Waals surface area contributed by atoms with E-state index in [1.807, 2.05) is 12.1 Å². The van der Waals surface area contributed by atoms with Gasteiger partial charge in [-0.05, 0) is 67.8 Å². The van der Waals surface area contributed by atoms with Gasteiger partial charge in [0.1, 0.15) is 11.6 Å². The van der Waals surface area contributed by atoms with Gasteiger partial charge in [0, 0.05) is 42.6 Å². The number of carbonyl (C=O) groups is 1. The Kier molecular flexibility index (Phi) is 8.81. The largest absolute Gasteiger partial charge is 0.416 e. The third-order valence-electron chi connectivity index (χ3n) is 7.38. The molecule has 2 heterocycles. The van der Waals surface area contributed by atoms with Crippen molar-refractivity contribution in [1.82, 2.24) is 20.0 Å². The summed E-state index contributed by atoms with van der Waals surface area (Å²) in [5, 5.41) is 8.98. The van der Waals surface area contributed by atoms with Gasteiger partial charge in [0.25, 0.3) is 0 Å². The lowest BCUT2D eigenvalue weighted by Crippen LogP contribution is -2.40. The minimum Gasteiger partial charge on any atom is -0.369 e. The molecule has 0 saturated carbocycles. The Hall–Kier alpha value is -4.56. The maximum atomic E-state index is 14.5. The van der Waals surface area contributed by atoms with Gasteiger partial charge < -0.3 is 16.0 Å². The minimum atomic E-state index is -4.67. The van der Waals surface area contributed by atoms with Crippen molar-refractivity contribution >= 4 is 33.4 Å². The van der Waals surface area contributed by atoms with Crippen molar-refractivity contribution in [2.24, 2.45) is 0 Å². The number of anilines is 3. The number of amides is 1. The van der Waals surface area contributed by atoms with Crippen LogP contribution < -0.4 is 20.7 Å². The smallest absolute Gasteiger partial charge is 0.369 e. The van der Waals surface area contributed by atoms with Crippen LogP contribution in [-0.4, -0.2) is 37.4 Å². The van der Waals surface area contributed by atoms with E-state index < -0.39 is 38.9 Å². The highest BCUT2D eigenvalue weighted by molar-refractivity contribution is 7.89. The van der Waals surface area contributed by atoms with Gasteiger partial charge in [-0.15, -0.1) is 0 Å². The standard InChI is InChI=1S/C31H30F4N6O3S/c1-30(2,25-15-21(31(33,34)35)11-12-26(25)32)28(42)37-17-19-7-9-20(10-8-19)24-18-38-29-40-22-5-3-6-23(16-22)45(43,44)39-14-4-13-36-27(24)41-29/h3,5-12,15-16,18,39H,4,13-14,17H2,1-2H3,(H,37,42)(H2,36,38,40,41). The number of nitrogens with zero attached hydrogens (tertiary/aromatic N) is 2. The van der Waals surface area contributed by atoms with E-state index in [9.17, 15) is 30.8 Å². The highest BCUT2D eigenvalue weighted by Gasteiger charge is 2.37. The van der Waals surface area contributed by atoms with E-state index in [-0.39, 0.29) is 29.5 Å². The maximum Gasteiger partial charge on any atom is 0.416 e. The van der Waals surface area contributed by atoms with Crippen LogP contribution in [0, 0.1) is 5.82 Å². The van der Waals surface area contributed by atoms with E-state index in [1.165, 1.54) is 26.0 Å². The molecule has 1 aliphatic rings. The third-order valence-corrected chi connectivity index (χ3v) is 8.84. The highest BCUT2D eigenvalue weighted by Crippen LogP contribution is 2.35. The summed E-state index contributed by atoms with van der Waals surface area (Å²) in [5.41, 5.74) is -0.309. The number of benzene rings is 3.